The van der Waals surface area contributed by atoms with Crippen LogP contribution in [-0.4, -0.2) is 37.6 Å². The Bertz CT molecular complexity index is 150. The molecule has 2 rings (SSSR count). The van der Waals surface area contributed by atoms with Crippen molar-refractivity contribution in [1.29, 1.82) is 0 Å². The van der Waals surface area contributed by atoms with Crippen LogP contribution in [0.15, 0.2) is 0 Å². The van der Waals surface area contributed by atoms with E-state index in [1.807, 2.05) is 0 Å². The number of hydrogen-bond acceptors (Lipinski definition) is 4. The molecular weight excluding hydrogens is 418 g/mol. The maximum atomic E-state index is 10.1. The summed E-state index contributed by atoms with van der Waals surface area (Å²) in [5, 5.41) is 20.2. The van der Waals surface area contributed by atoms with E-state index in [2.05, 4.69) is 0 Å². The van der Waals surface area contributed by atoms with Crippen LogP contribution in [0.5, 0.6) is 0 Å². The molecule has 0 aromatic carbocycles. The minimum absolute atomic E-state index is 0. The number of halogens is 2. The predicted octanol–water partition coefficient (Wildman–Crippen LogP) is -4.11. The largest absolute Gasteiger partial charge is 4.00 e. The maximum Gasteiger partial charge on any atom is 4.00 e. The molecule has 0 aromatic rings. The van der Waals surface area contributed by atoms with Crippen LogP contribution in [0.3, 0.4) is 0 Å². The van der Waals surface area contributed by atoms with Crippen LogP contribution in [0.4, 0.5) is 0 Å². The van der Waals surface area contributed by atoms with E-state index in [0.29, 0.717) is 0 Å². The summed E-state index contributed by atoms with van der Waals surface area (Å²) in [6, 6.07) is 0. The molecule has 0 aliphatic carbocycles. The average Bonchev–Trinajstić information content (AvgIpc) is 2.92. The third-order valence-corrected chi connectivity index (χ3v) is 1.65. The molecule has 0 N–H and O–H groups in total. The van der Waals surface area contributed by atoms with Crippen LogP contribution in [0.1, 0.15) is 67.2 Å². The van der Waals surface area contributed by atoms with Gasteiger partial charge in [-0.05, 0) is 25.7 Å². The zero-order chi connectivity index (χ0) is 16.1. The molecule has 23 heavy (non-hydrogen) atoms. The summed E-state index contributed by atoms with van der Waals surface area (Å²) < 4.78 is 9.89. The third-order valence-electron chi connectivity index (χ3n) is 1.65. The molecule has 2 saturated heterocycles. The quantitative estimate of drug-likeness (QED) is 0.375. The first-order chi connectivity index (χ1) is 9.00. The van der Waals surface area contributed by atoms with Crippen LogP contribution in [0, 0.1) is 0 Å². The topological polar surface area (TPSA) is 64.6 Å². The van der Waals surface area contributed by atoms with Gasteiger partial charge in [-0.3, -0.25) is 0 Å². The number of rotatable bonds is 0. The predicted molar refractivity (Wildman–Crippen MR) is 79.6 cm³/mol. The summed E-state index contributed by atoms with van der Waals surface area (Å²) >= 11 is 0. The van der Waals surface area contributed by atoms with Crippen LogP contribution in [0.25, 0.3) is 0 Å². The van der Waals surface area contributed by atoms with Crippen molar-refractivity contribution in [1.82, 2.24) is 0 Å². The van der Waals surface area contributed by atoms with Gasteiger partial charge >= 0.3 is 26.2 Å². The first-order valence-corrected chi connectivity index (χ1v) is 7.56. The van der Waals surface area contributed by atoms with Crippen molar-refractivity contribution in [3.05, 3.63) is 0 Å². The molecule has 0 atom stereocenters. The van der Waals surface area contributed by atoms with Gasteiger partial charge in [0.1, 0.15) is 0 Å². The van der Waals surface area contributed by atoms with E-state index in [9.17, 15) is 10.2 Å². The minimum atomic E-state index is -0.750. The first kappa shape index (κ1) is 35.4. The zero-order valence-electron chi connectivity index (χ0n) is 15.5. The Labute approximate surface area is 175 Å². The second kappa shape index (κ2) is 21.3. The molecule has 2 fully saturated rings. The molecule has 0 amide bonds. The van der Waals surface area contributed by atoms with Gasteiger partial charge in [0, 0.05) is 26.4 Å². The average molecular weight is 453 g/mol. The van der Waals surface area contributed by atoms with E-state index in [0.717, 1.165) is 26.4 Å². The molecule has 0 bridgehead atoms. The SMILES string of the molecule is C1CCOC1.C1CCOC1.CC(C)(C)[O-].CC(C)(C)[O-].[Cl-].[Cl-].[Zr+4]. The van der Waals surface area contributed by atoms with Crippen molar-refractivity contribution in [3.63, 3.8) is 0 Å². The smallest absolute Gasteiger partial charge is 1.00 e. The Balaban J connectivity index is -0.0000000600. The van der Waals surface area contributed by atoms with Gasteiger partial charge in [0.25, 0.3) is 0 Å². The van der Waals surface area contributed by atoms with E-state index < -0.39 is 11.2 Å². The van der Waals surface area contributed by atoms with E-state index in [1.165, 1.54) is 25.7 Å². The summed E-state index contributed by atoms with van der Waals surface area (Å²) in [6.07, 6.45) is 5.11. The van der Waals surface area contributed by atoms with Gasteiger partial charge < -0.3 is 44.5 Å². The third kappa shape index (κ3) is 82.8. The van der Waals surface area contributed by atoms with Crippen molar-refractivity contribution in [3.8, 4) is 0 Å². The molecule has 0 saturated carbocycles. The summed E-state index contributed by atoms with van der Waals surface area (Å²) in [4.78, 5) is 0. The van der Waals surface area contributed by atoms with Gasteiger partial charge in [-0.2, -0.15) is 0 Å². The normalized spacial score (nSPS) is 15.7. The van der Waals surface area contributed by atoms with Crippen LogP contribution in [-0.2, 0) is 35.7 Å². The molecule has 140 valence electrons. The summed E-state index contributed by atoms with van der Waals surface area (Å²) in [6.45, 7) is 13.8. The molecular formula is C16H34Cl2O4Zr. The second-order valence-corrected chi connectivity index (χ2v) is 6.86. The molecule has 2 aliphatic rings. The summed E-state index contributed by atoms with van der Waals surface area (Å²) in [5.74, 6) is 0. The van der Waals surface area contributed by atoms with E-state index in [1.54, 1.807) is 41.5 Å². The fourth-order valence-corrected chi connectivity index (χ4v) is 1.02. The van der Waals surface area contributed by atoms with Gasteiger partial charge in [-0.25, -0.2) is 0 Å². The van der Waals surface area contributed by atoms with Crippen molar-refractivity contribution in [2.45, 2.75) is 78.4 Å². The van der Waals surface area contributed by atoms with Crippen LogP contribution < -0.4 is 35.0 Å². The van der Waals surface area contributed by atoms with Gasteiger partial charge in [0.15, 0.2) is 0 Å². The Kier molecular flexibility index (Phi) is 32.9. The van der Waals surface area contributed by atoms with Crippen molar-refractivity contribution in [2.24, 2.45) is 0 Å². The molecule has 2 aliphatic heterocycles. The van der Waals surface area contributed by atoms with E-state index in [4.69, 9.17) is 9.47 Å². The Hall–Kier alpha value is 1.30. The molecule has 0 radical (unpaired) electrons. The molecule has 4 nitrogen and oxygen atoms in total. The van der Waals surface area contributed by atoms with Crippen LogP contribution in [0.2, 0.25) is 0 Å². The number of ether oxygens (including phenoxy) is 2. The molecule has 7 heteroatoms. The first-order valence-electron chi connectivity index (χ1n) is 7.56. The summed E-state index contributed by atoms with van der Waals surface area (Å²) in [7, 11) is 0. The Morgan fingerprint density at radius 2 is 0.696 bits per heavy atom. The van der Waals surface area contributed by atoms with E-state index in [-0.39, 0.29) is 51.0 Å². The second-order valence-electron chi connectivity index (χ2n) is 6.86. The van der Waals surface area contributed by atoms with Gasteiger partial charge in [0.2, 0.25) is 0 Å². The summed E-state index contributed by atoms with van der Waals surface area (Å²) in [5.41, 5.74) is -1.50. The van der Waals surface area contributed by atoms with Crippen molar-refractivity contribution in [2.75, 3.05) is 26.4 Å². The fourth-order valence-electron chi connectivity index (χ4n) is 1.02. The van der Waals surface area contributed by atoms with Gasteiger partial charge in [-0.1, -0.05) is 41.5 Å². The molecule has 2 heterocycles. The van der Waals surface area contributed by atoms with E-state index >= 15 is 0 Å². The van der Waals surface area contributed by atoms with Crippen molar-refractivity contribution < 1.29 is 70.7 Å². The molecule has 0 aromatic heterocycles. The Morgan fingerprint density at radius 3 is 0.739 bits per heavy atom. The van der Waals surface area contributed by atoms with Gasteiger partial charge in [0.05, 0.1) is 0 Å². The molecule has 0 spiro atoms. The van der Waals surface area contributed by atoms with Crippen LogP contribution >= 0.6 is 0 Å². The van der Waals surface area contributed by atoms with Gasteiger partial charge in [-0.15, -0.1) is 11.2 Å². The zero-order valence-corrected chi connectivity index (χ0v) is 19.5. The van der Waals surface area contributed by atoms with Crippen molar-refractivity contribution >= 4 is 0 Å². The number of hydrogen-bond donors (Lipinski definition) is 0. The molecule has 0 unspecified atom stereocenters. The monoisotopic (exact) mass is 450 g/mol. The standard InChI is InChI=1S/2C4H8O.2C4H9O.2ClH.Zr/c2*1-2-4-5-3-1;2*1-4(2,3)5;;;/h2*1-4H2;2*1-3H3;2*1H;/q;;2*-1;;;+4/p-2. The minimum Gasteiger partial charge on any atom is -1.00 e. The fraction of sp³-hybridized carbons (Fsp3) is 1.00. The Morgan fingerprint density at radius 1 is 0.565 bits per heavy atom. The maximum absolute atomic E-state index is 10.1.